The lowest BCUT2D eigenvalue weighted by Gasteiger charge is -2.30. The first kappa shape index (κ1) is 21.2. The van der Waals surface area contributed by atoms with Crippen LogP contribution in [0.4, 0.5) is 0 Å². The molecule has 0 N–H and O–H groups in total. The van der Waals surface area contributed by atoms with Crippen LogP contribution in [0.25, 0.3) is 0 Å². The molecule has 2 atom stereocenters. The quantitative estimate of drug-likeness (QED) is 0.375. The Morgan fingerprint density at radius 1 is 1.12 bits per heavy atom. The second kappa shape index (κ2) is 9.56. The molecule has 0 heterocycles. The molecule has 1 rings (SSSR count). The van der Waals surface area contributed by atoms with Crippen LogP contribution in [0.2, 0.25) is 25.2 Å². The zero-order valence-electron chi connectivity index (χ0n) is 16.2. The fraction of sp³-hybridized carbons (Fsp3) is 0.500. The smallest absolute Gasteiger partial charge is 0.352 e. The zero-order valence-corrected chi connectivity index (χ0v) is 17.2. The number of esters is 2. The number of allylic oxidation sites excluding steroid dienone is 2. The number of hydrogen-bond acceptors (Lipinski definition) is 4. The van der Waals surface area contributed by atoms with E-state index in [-0.39, 0.29) is 0 Å². The lowest BCUT2D eigenvalue weighted by atomic mass is 10.1. The Morgan fingerprint density at radius 3 is 2.20 bits per heavy atom. The van der Waals surface area contributed by atoms with Crippen molar-refractivity contribution < 1.29 is 19.1 Å². The summed E-state index contributed by atoms with van der Waals surface area (Å²) in [4.78, 5) is 23.8. The predicted octanol–water partition coefficient (Wildman–Crippen LogP) is 4.90. The summed E-state index contributed by atoms with van der Waals surface area (Å²) in [6.45, 7) is 12.7. The van der Waals surface area contributed by atoms with E-state index >= 15 is 0 Å². The van der Waals surface area contributed by atoms with E-state index in [9.17, 15) is 9.59 Å². The highest BCUT2D eigenvalue weighted by Gasteiger charge is 2.29. The Morgan fingerprint density at radius 2 is 1.72 bits per heavy atom. The van der Waals surface area contributed by atoms with Crippen molar-refractivity contribution in [2.45, 2.75) is 58.5 Å². The van der Waals surface area contributed by atoms with E-state index in [1.807, 2.05) is 13.0 Å². The molecular weight excluding hydrogens is 332 g/mol. The first-order valence-electron chi connectivity index (χ1n) is 8.68. The highest BCUT2D eigenvalue weighted by atomic mass is 28.3. The zero-order chi connectivity index (χ0) is 19.0. The van der Waals surface area contributed by atoms with E-state index in [2.05, 4.69) is 32.6 Å². The van der Waals surface area contributed by atoms with Crippen molar-refractivity contribution >= 4 is 20.0 Å². The molecule has 0 aliphatic heterocycles. The number of hydrogen-bond donors (Lipinski definition) is 0. The lowest BCUT2D eigenvalue weighted by Crippen LogP contribution is -2.30. The third kappa shape index (κ3) is 6.86. The van der Waals surface area contributed by atoms with Gasteiger partial charge in [0.2, 0.25) is 6.10 Å². The number of benzene rings is 1. The van der Waals surface area contributed by atoms with Gasteiger partial charge in [0.25, 0.3) is 0 Å². The van der Waals surface area contributed by atoms with Crippen LogP contribution < -0.4 is 0 Å². The van der Waals surface area contributed by atoms with Gasteiger partial charge in [0.15, 0.2) is 0 Å². The van der Waals surface area contributed by atoms with Crippen molar-refractivity contribution in [1.82, 2.24) is 0 Å². The van der Waals surface area contributed by atoms with Crippen LogP contribution in [0.1, 0.15) is 38.9 Å². The first-order valence-corrected chi connectivity index (χ1v) is 12.3. The molecule has 0 spiro atoms. The van der Waals surface area contributed by atoms with Gasteiger partial charge in [0.05, 0.1) is 14.7 Å². The van der Waals surface area contributed by atoms with Gasteiger partial charge >= 0.3 is 11.9 Å². The molecule has 138 valence electrons. The molecule has 0 aliphatic carbocycles. The van der Waals surface area contributed by atoms with Gasteiger partial charge in [-0.05, 0) is 25.8 Å². The molecule has 4 nitrogen and oxygen atoms in total. The summed E-state index contributed by atoms with van der Waals surface area (Å²) in [7, 11) is -1.40. The normalized spacial score (nSPS) is 14.6. The van der Waals surface area contributed by atoms with Gasteiger partial charge in [0, 0.05) is 12.5 Å². The van der Waals surface area contributed by atoms with Gasteiger partial charge in [-0.15, -0.1) is 0 Å². The van der Waals surface area contributed by atoms with Crippen LogP contribution in [0, 0.1) is 0 Å². The predicted molar refractivity (Wildman–Crippen MR) is 103 cm³/mol. The summed E-state index contributed by atoms with van der Waals surface area (Å²) >= 11 is 0. The number of rotatable bonds is 8. The maximum absolute atomic E-state index is 12.4. The van der Waals surface area contributed by atoms with E-state index < -0.39 is 26.1 Å². The van der Waals surface area contributed by atoms with Crippen LogP contribution in [-0.2, 0) is 19.1 Å². The second-order valence-corrected chi connectivity index (χ2v) is 12.7. The van der Waals surface area contributed by atoms with Crippen LogP contribution in [-0.4, -0.2) is 26.6 Å². The fourth-order valence-electron chi connectivity index (χ4n) is 2.94. The molecule has 0 saturated carbocycles. The molecular formula is C20H30O4Si. The van der Waals surface area contributed by atoms with E-state index in [0.29, 0.717) is 17.7 Å². The maximum atomic E-state index is 12.4. The Hall–Kier alpha value is -1.88. The van der Waals surface area contributed by atoms with Gasteiger partial charge < -0.3 is 9.47 Å². The lowest BCUT2D eigenvalue weighted by molar-refractivity contribution is -0.167. The van der Waals surface area contributed by atoms with Gasteiger partial charge in [-0.1, -0.05) is 61.6 Å². The average molecular weight is 363 g/mol. The Balaban J connectivity index is 2.76. The SMILES string of the molecule is C/C=C(\C)[C@H](CCOC(=O)[C@@H](OC(C)=O)c1ccccc1)[Si](C)(C)C. The molecule has 0 saturated heterocycles. The molecule has 1 aromatic rings. The van der Waals surface area contributed by atoms with E-state index in [4.69, 9.17) is 9.47 Å². The molecule has 0 aromatic heterocycles. The van der Waals surface area contributed by atoms with E-state index in [1.165, 1.54) is 12.5 Å². The Bertz CT molecular complexity index is 602. The third-order valence-electron chi connectivity index (χ3n) is 4.30. The van der Waals surface area contributed by atoms with Crippen LogP contribution >= 0.6 is 0 Å². The van der Waals surface area contributed by atoms with E-state index in [0.717, 1.165) is 6.42 Å². The van der Waals surface area contributed by atoms with Gasteiger partial charge in [0.1, 0.15) is 0 Å². The minimum absolute atomic E-state index is 0.323. The van der Waals surface area contributed by atoms with Gasteiger partial charge in [-0.25, -0.2) is 4.79 Å². The molecule has 0 unspecified atom stereocenters. The second-order valence-electron chi connectivity index (χ2n) is 7.31. The Labute approximate surface area is 152 Å². The molecule has 0 aliphatic rings. The van der Waals surface area contributed by atoms with Crippen molar-refractivity contribution in [2.24, 2.45) is 0 Å². The summed E-state index contributed by atoms with van der Waals surface area (Å²) < 4.78 is 10.6. The molecule has 0 bridgehead atoms. The standard InChI is InChI=1S/C20H30O4Si/c1-7-15(2)18(25(4,5)6)13-14-23-20(22)19(24-16(3)21)17-11-9-8-10-12-17/h7-12,18-19H,13-14H2,1-6H3/b15-7+/t18-,19-/m0/s1. The summed E-state index contributed by atoms with van der Waals surface area (Å²) in [6.07, 6.45) is 1.92. The fourth-order valence-corrected chi connectivity index (χ4v) is 5.46. The van der Waals surface area contributed by atoms with Crippen molar-refractivity contribution in [3.8, 4) is 0 Å². The first-order chi connectivity index (χ1) is 11.7. The van der Waals surface area contributed by atoms with Crippen LogP contribution in [0.5, 0.6) is 0 Å². The van der Waals surface area contributed by atoms with Crippen molar-refractivity contribution in [1.29, 1.82) is 0 Å². The summed E-state index contributed by atoms with van der Waals surface area (Å²) in [5.74, 6) is -1.02. The molecule has 0 fully saturated rings. The largest absolute Gasteiger partial charge is 0.463 e. The molecule has 5 heteroatoms. The van der Waals surface area contributed by atoms with Crippen molar-refractivity contribution in [2.75, 3.05) is 6.61 Å². The van der Waals surface area contributed by atoms with Gasteiger partial charge in [-0.2, -0.15) is 0 Å². The van der Waals surface area contributed by atoms with Crippen LogP contribution in [0.3, 0.4) is 0 Å². The molecule has 0 radical (unpaired) electrons. The number of ether oxygens (including phenoxy) is 2. The highest BCUT2D eigenvalue weighted by molar-refractivity contribution is 6.78. The highest BCUT2D eigenvalue weighted by Crippen LogP contribution is 2.33. The summed E-state index contributed by atoms with van der Waals surface area (Å²) in [6, 6.07) is 8.96. The number of carbonyl (C=O) groups excluding carboxylic acids is 2. The minimum atomic E-state index is -1.40. The summed E-state index contributed by atoms with van der Waals surface area (Å²) in [5.41, 5.74) is 2.41. The minimum Gasteiger partial charge on any atom is -0.463 e. The summed E-state index contributed by atoms with van der Waals surface area (Å²) in [5, 5.41) is 0. The molecule has 1 aromatic carbocycles. The van der Waals surface area contributed by atoms with Crippen molar-refractivity contribution in [3.05, 3.63) is 47.5 Å². The molecule has 25 heavy (non-hydrogen) atoms. The van der Waals surface area contributed by atoms with Gasteiger partial charge in [-0.3, -0.25) is 4.79 Å². The third-order valence-corrected chi connectivity index (χ3v) is 7.14. The molecule has 0 amide bonds. The number of carbonyl (C=O) groups is 2. The van der Waals surface area contributed by atoms with Crippen LogP contribution in [0.15, 0.2) is 42.0 Å². The monoisotopic (exact) mass is 362 g/mol. The maximum Gasteiger partial charge on any atom is 0.352 e. The topological polar surface area (TPSA) is 52.6 Å². The average Bonchev–Trinajstić information content (AvgIpc) is 2.55. The Kier molecular flexibility index (Phi) is 8.09. The van der Waals surface area contributed by atoms with Crippen molar-refractivity contribution in [3.63, 3.8) is 0 Å². The van der Waals surface area contributed by atoms with E-state index in [1.54, 1.807) is 24.3 Å².